The highest BCUT2D eigenvalue weighted by Gasteiger charge is 2.17. The minimum atomic E-state index is -1.03. The van der Waals surface area contributed by atoms with Gasteiger partial charge in [0.2, 0.25) is 0 Å². The molecule has 0 saturated carbocycles. The fourth-order valence-corrected chi connectivity index (χ4v) is 3.47. The average Bonchev–Trinajstić information content (AvgIpc) is 2.82. The molecule has 2 N–H and O–H groups in total. The third-order valence-corrected chi connectivity index (χ3v) is 5.42. The third-order valence-electron chi connectivity index (χ3n) is 4.30. The molecule has 0 radical (unpaired) electrons. The Labute approximate surface area is 219 Å². The van der Waals surface area contributed by atoms with E-state index < -0.39 is 17.8 Å². The monoisotopic (exact) mass is 553 g/mol. The lowest BCUT2D eigenvalue weighted by Crippen LogP contribution is -2.32. The summed E-state index contributed by atoms with van der Waals surface area (Å²) in [7, 11) is 1.38. The van der Waals surface area contributed by atoms with Gasteiger partial charge in [-0.25, -0.2) is 10.2 Å². The summed E-state index contributed by atoms with van der Waals surface area (Å²) in [6, 6.07) is 13.3. The number of hydrazone groups is 1. The Balaban J connectivity index is 1.63. The van der Waals surface area contributed by atoms with Gasteiger partial charge in [-0.3, -0.25) is 9.59 Å². The van der Waals surface area contributed by atoms with Crippen molar-refractivity contribution in [3.63, 3.8) is 0 Å². The maximum Gasteiger partial charge on any atom is 0.345 e. The van der Waals surface area contributed by atoms with Crippen molar-refractivity contribution < 1.29 is 23.9 Å². The summed E-state index contributed by atoms with van der Waals surface area (Å²) in [5, 5.41) is 7.15. The first-order valence-corrected chi connectivity index (χ1v) is 11.1. The van der Waals surface area contributed by atoms with E-state index in [0.717, 1.165) is 0 Å². The quantitative estimate of drug-likeness (QED) is 0.135. The van der Waals surface area contributed by atoms with E-state index in [1.807, 2.05) is 0 Å². The number of ether oxygens (including phenoxy) is 2. The number of hydrogen-bond donors (Lipinski definition) is 2. The smallest absolute Gasteiger partial charge is 0.345 e. The number of esters is 1. The van der Waals surface area contributed by atoms with Gasteiger partial charge in [0, 0.05) is 10.0 Å². The summed E-state index contributed by atoms with van der Waals surface area (Å²) >= 11 is 23.7. The Morgan fingerprint density at radius 2 is 1.54 bits per heavy atom. The van der Waals surface area contributed by atoms with Gasteiger partial charge in [0.1, 0.15) is 0 Å². The number of carbonyl (C=O) groups is 3. The van der Waals surface area contributed by atoms with Crippen molar-refractivity contribution in [3.8, 4) is 11.5 Å². The second kappa shape index (κ2) is 11.9. The van der Waals surface area contributed by atoms with Crippen molar-refractivity contribution in [1.82, 2.24) is 5.43 Å². The summed E-state index contributed by atoms with van der Waals surface area (Å²) in [4.78, 5) is 36.5. The minimum Gasteiger partial charge on any atom is -0.493 e. The van der Waals surface area contributed by atoms with E-state index in [2.05, 4.69) is 15.8 Å². The molecular weight excluding hydrogens is 540 g/mol. The molecule has 12 heteroatoms. The van der Waals surface area contributed by atoms with Crippen molar-refractivity contribution in [3.05, 3.63) is 85.8 Å². The van der Waals surface area contributed by atoms with Crippen LogP contribution in [0.4, 0.5) is 5.69 Å². The number of nitrogens with zero attached hydrogens (tertiary/aromatic N) is 1. The molecule has 2 amide bonds. The predicted octanol–water partition coefficient (Wildman–Crippen LogP) is 5.62. The topological polar surface area (TPSA) is 106 Å². The molecule has 35 heavy (non-hydrogen) atoms. The van der Waals surface area contributed by atoms with Crippen LogP contribution in [0.15, 0.2) is 59.7 Å². The molecule has 3 aromatic carbocycles. The molecule has 0 bridgehead atoms. The molecule has 8 nitrogen and oxygen atoms in total. The van der Waals surface area contributed by atoms with Crippen molar-refractivity contribution in [2.75, 3.05) is 12.4 Å². The van der Waals surface area contributed by atoms with E-state index >= 15 is 0 Å². The number of benzene rings is 3. The van der Waals surface area contributed by atoms with Gasteiger partial charge in [-0.15, -0.1) is 0 Å². The standard InChI is InChI=1S/C23H15Cl4N3O5/c1-34-20-8-12(2-7-19(20)35-23(33)15-5-3-13(24)9-17(15)27)11-28-30-22(32)21(31)29-18-10-14(25)4-6-16(18)26/h2-11H,1H3,(H,29,31)(H,30,32). The molecule has 3 aromatic rings. The fraction of sp³-hybridized carbons (Fsp3) is 0.0435. The largest absolute Gasteiger partial charge is 0.493 e. The van der Waals surface area contributed by atoms with Crippen molar-refractivity contribution in [1.29, 1.82) is 0 Å². The zero-order chi connectivity index (χ0) is 25.5. The van der Waals surface area contributed by atoms with Crippen LogP contribution in [0, 0.1) is 0 Å². The first kappa shape index (κ1) is 26.3. The highest BCUT2D eigenvalue weighted by molar-refractivity contribution is 6.42. The zero-order valence-electron chi connectivity index (χ0n) is 17.8. The maximum atomic E-state index is 12.4. The van der Waals surface area contributed by atoms with Crippen LogP contribution >= 0.6 is 46.4 Å². The summed E-state index contributed by atoms with van der Waals surface area (Å²) in [6.45, 7) is 0. The first-order chi connectivity index (χ1) is 16.7. The Bertz CT molecular complexity index is 1330. The van der Waals surface area contributed by atoms with Gasteiger partial charge >= 0.3 is 17.8 Å². The van der Waals surface area contributed by atoms with Crippen LogP contribution in [-0.4, -0.2) is 31.1 Å². The van der Waals surface area contributed by atoms with Crippen LogP contribution in [0.2, 0.25) is 20.1 Å². The van der Waals surface area contributed by atoms with E-state index in [9.17, 15) is 14.4 Å². The summed E-state index contributed by atoms with van der Waals surface area (Å²) < 4.78 is 10.6. The Morgan fingerprint density at radius 3 is 2.26 bits per heavy atom. The Morgan fingerprint density at radius 1 is 0.829 bits per heavy atom. The first-order valence-electron chi connectivity index (χ1n) is 9.62. The molecule has 0 fully saturated rings. The van der Waals surface area contributed by atoms with Crippen LogP contribution in [-0.2, 0) is 9.59 Å². The molecule has 0 unspecified atom stereocenters. The molecule has 0 aliphatic rings. The molecule has 0 atom stereocenters. The Hall–Kier alpha value is -3.30. The molecular formula is C23H15Cl4N3O5. The fourth-order valence-electron chi connectivity index (χ4n) is 2.65. The van der Waals surface area contributed by atoms with Gasteiger partial charge in [-0.1, -0.05) is 46.4 Å². The molecule has 0 heterocycles. The van der Waals surface area contributed by atoms with Crippen LogP contribution in [0.1, 0.15) is 15.9 Å². The van der Waals surface area contributed by atoms with E-state index in [4.69, 9.17) is 55.9 Å². The van der Waals surface area contributed by atoms with Gasteiger partial charge in [-0.05, 0) is 60.2 Å². The lowest BCUT2D eigenvalue weighted by atomic mass is 10.2. The Kier molecular flexibility index (Phi) is 8.95. The number of halogens is 4. The van der Waals surface area contributed by atoms with Crippen LogP contribution in [0.5, 0.6) is 11.5 Å². The normalized spacial score (nSPS) is 10.7. The number of rotatable bonds is 6. The zero-order valence-corrected chi connectivity index (χ0v) is 20.8. The van der Waals surface area contributed by atoms with Crippen molar-refractivity contribution in [2.45, 2.75) is 0 Å². The average molecular weight is 555 g/mol. The van der Waals surface area contributed by atoms with Crippen molar-refractivity contribution in [2.24, 2.45) is 5.10 Å². The molecule has 0 aliphatic carbocycles. The molecule has 180 valence electrons. The highest BCUT2D eigenvalue weighted by atomic mass is 35.5. The highest BCUT2D eigenvalue weighted by Crippen LogP contribution is 2.30. The predicted molar refractivity (Wildman–Crippen MR) is 135 cm³/mol. The SMILES string of the molecule is COc1cc(C=NNC(=O)C(=O)Nc2cc(Cl)ccc2Cl)ccc1OC(=O)c1ccc(Cl)cc1Cl. The molecule has 0 aliphatic heterocycles. The lowest BCUT2D eigenvalue weighted by Gasteiger charge is -2.10. The summed E-state index contributed by atoms with van der Waals surface area (Å²) in [6.07, 6.45) is 1.27. The summed E-state index contributed by atoms with van der Waals surface area (Å²) in [5.41, 5.74) is 2.88. The molecule has 0 spiro atoms. The van der Waals surface area contributed by atoms with Gasteiger partial charge in [0.15, 0.2) is 11.5 Å². The lowest BCUT2D eigenvalue weighted by molar-refractivity contribution is -0.136. The molecule has 0 aromatic heterocycles. The molecule has 3 rings (SSSR count). The number of amides is 2. The number of hydrogen-bond acceptors (Lipinski definition) is 6. The van der Waals surface area contributed by atoms with E-state index in [0.29, 0.717) is 15.6 Å². The van der Waals surface area contributed by atoms with E-state index in [1.54, 1.807) is 6.07 Å². The maximum absolute atomic E-state index is 12.4. The minimum absolute atomic E-state index is 0.127. The summed E-state index contributed by atoms with van der Waals surface area (Å²) in [5.74, 6) is -2.39. The van der Waals surface area contributed by atoms with Crippen molar-refractivity contribution >= 4 is 76.1 Å². The van der Waals surface area contributed by atoms with Gasteiger partial charge in [0.25, 0.3) is 0 Å². The van der Waals surface area contributed by atoms with Gasteiger partial charge in [-0.2, -0.15) is 5.10 Å². The number of carbonyl (C=O) groups excluding carboxylic acids is 3. The second-order valence-electron chi connectivity index (χ2n) is 6.70. The van der Waals surface area contributed by atoms with E-state index in [1.165, 1.54) is 61.9 Å². The van der Waals surface area contributed by atoms with Gasteiger partial charge in [0.05, 0.1) is 34.6 Å². The second-order valence-corrected chi connectivity index (χ2v) is 8.39. The number of anilines is 1. The van der Waals surface area contributed by atoms with Crippen LogP contribution in [0.25, 0.3) is 0 Å². The van der Waals surface area contributed by atoms with E-state index in [-0.39, 0.29) is 32.8 Å². The number of methoxy groups -OCH3 is 1. The third kappa shape index (κ3) is 7.10. The van der Waals surface area contributed by atoms with Gasteiger partial charge < -0.3 is 14.8 Å². The van der Waals surface area contributed by atoms with Crippen LogP contribution < -0.4 is 20.2 Å². The molecule has 0 saturated heterocycles. The number of nitrogens with one attached hydrogen (secondary N) is 2. The van der Waals surface area contributed by atoms with Crippen LogP contribution in [0.3, 0.4) is 0 Å².